The predicted octanol–water partition coefficient (Wildman–Crippen LogP) is 4.49. The van der Waals surface area contributed by atoms with Gasteiger partial charge in [0.15, 0.2) is 21.6 Å². The number of hydrogen-bond donors (Lipinski definition) is 0. The van der Waals surface area contributed by atoms with Crippen molar-refractivity contribution < 1.29 is 19.1 Å². The van der Waals surface area contributed by atoms with Crippen LogP contribution in [0, 0.1) is 0 Å². The highest BCUT2D eigenvalue weighted by Crippen LogP contribution is 2.20. The fraction of sp³-hybridized carbons (Fsp3) is 0.308. The summed E-state index contributed by atoms with van der Waals surface area (Å²) in [7, 11) is 6.65. The van der Waals surface area contributed by atoms with Crippen LogP contribution in [-0.4, -0.2) is 69.9 Å². The molecule has 0 amide bonds. The van der Waals surface area contributed by atoms with Gasteiger partial charge in [-0.25, -0.2) is 9.36 Å². The summed E-state index contributed by atoms with van der Waals surface area (Å²) < 4.78 is 13.8. The minimum atomic E-state index is -0.0907. The molecule has 0 atom stereocenters. The molecule has 0 fully saturated rings. The number of methoxy groups -OCH3 is 2. The van der Waals surface area contributed by atoms with Crippen molar-refractivity contribution in [3.05, 3.63) is 68.1 Å². The number of carbonyl (C=O) groups excluding carboxylic acids is 2. The zero-order valence-corrected chi connectivity index (χ0v) is 25.7. The first-order chi connectivity index (χ1) is 19.4. The molecule has 0 saturated heterocycles. The second-order valence-corrected chi connectivity index (χ2v) is 12.7. The Kier molecular flexibility index (Phi) is 10.7. The molecule has 4 aromatic rings. The molecule has 2 aromatic carbocycles. The summed E-state index contributed by atoms with van der Waals surface area (Å²) in [6, 6.07) is 14.9. The lowest BCUT2D eigenvalue weighted by Crippen LogP contribution is -2.15. The van der Waals surface area contributed by atoms with Gasteiger partial charge in [-0.2, -0.15) is 10.2 Å². The van der Waals surface area contributed by atoms with Crippen molar-refractivity contribution in [1.29, 1.82) is 0 Å². The Morgan fingerprint density at radius 3 is 1.43 bits per heavy atom. The largest absolute Gasteiger partial charge is 0.497 e. The van der Waals surface area contributed by atoms with Gasteiger partial charge in [0.25, 0.3) is 0 Å². The van der Waals surface area contributed by atoms with E-state index in [-0.39, 0.29) is 11.6 Å². The van der Waals surface area contributed by atoms with E-state index in [2.05, 4.69) is 10.2 Å². The molecule has 210 valence electrons. The lowest BCUT2D eigenvalue weighted by Gasteiger charge is -2.03. The minimum Gasteiger partial charge on any atom is -0.497 e. The molecule has 0 saturated carbocycles. The van der Waals surface area contributed by atoms with Crippen molar-refractivity contribution in [2.75, 3.05) is 38.8 Å². The van der Waals surface area contributed by atoms with E-state index in [9.17, 15) is 9.59 Å². The molecule has 0 aliphatic rings. The fourth-order valence-corrected chi connectivity index (χ4v) is 6.69. The molecule has 14 heteroatoms. The van der Waals surface area contributed by atoms with Crippen LogP contribution in [0.15, 0.2) is 58.5 Å². The Labute approximate surface area is 247 Å². The first-order valence-corrected chi connectivity index (χ1v) is 16.3. The predicted molar refractivity (Wildman–Crippen MR) is 162 cm³/mol. The third kappa shape index (κ3) is 7.71. The number of aromatic nitrogens is 4. The number of rotatable bonds is 13. The average Bonchev–Trinajstić information content (AvgIpc) is 3.60. The van der Waals surface area contributed by atoms with Crippen LogP contribution >= 0.6 is 44.3 Å². The maximum absolute atomic E-state index is 11.9. The van der Waals surface area contributed by atoms with Gasteiger partial charge in [-0.05, 0) is 48.5 Å². The van der Waals surface area contributed by atoms with Crippen LogP contribution < -0.4 is 19.1 Å². The molecule has 4 rings (SSSR count). The van der Waals surface area contributed by atoms with E-state index in [1.807, 2.05) is 48.5 Å². The molecule has 0 unspecified atom stereocenters. The van der Waals surface area contributed by atoms with Gasteiger partial charge in [-0.15, -0.1) is 0 Å². The summed E-state index contributed by atoms with van der Waals surface area (Å²) in [5.41, 5.74) is 1.63. The van der Waals surface area contributed by atoms with Crippen molar-refractivity contribution in [2.24, 2.45) is 9.98 Å². The molecule has 0 bridgehead atoms. The van der Waals surface area contributed by atoms with Crippen LogP contribution in [0.5, 0.6) is 11.5 Å². The van der Waals surface area contributed by atoms with E-state index in [1.165, 1.54) is 36.5 Å². The zero-order valence-electron chi connectivity index (χ0n) is 22.4. The summed E-state index contributed by atoms with van der Waals surface area (Å²) in [6.07, 6.45) is 0. The number of benzene rings is 2. The normalized spacial score (nSPS) is 12.1. The van der Waals surface area contributed by atoms with Crippen molar-refractivity contribution in [1.82, 2.24) is 19.6 Å². The highest BCUT2D eigenvalue weighted by molar-refractivity contribution is 8.76. The number of Topliss-reactive ketones (excluding diaryl/α,β-unsaturated/α-hetero) is 2. The Bertz CT molecular complexity index is 1470. The van der Waals surface area contributed by atoms with E-state index in [0.29, 0.717) is 32.7 Å². The van der Waals surface area contributed by atoms with Crippen LogP contribution in [0.4, 0.5) is 0 Å². The van der Waals surface area contributed by atoms with Crippen LogP contribution in [0.2, 0.25) is 0 Å². The topological polar surface area (TPSA) is 113 Å². The smallest absolute Gasteiger partial charge is 0.208 e. The highest BCUT2D eigenvalue weighted by atomic mass is 33.1. The van der Waals surface area contributed by atoms with Gasteiger partial charge >= 0.3 is 0 Å². The summed E-state index contributed by atoms with van der Waals surface area (Å²) >= 11 is 2.57. The van der Waals surface area contributed by atoms with E-state index in [1.54, 1.807) is 45.2 Å². The fourth-order valence-electron chi connectivity index (χ4n) is 3.31. The van der Waals surface area contributed by atoms with Crippen LogP contribution in [0.1, 0.15) is 33.5 Å². The number of ketones is 2. The molecule has 40 heavy (non-hydrogen) atoms. The number of carbonyl (C=O) groups is 2. The van der Waals surface area contributed by atoms with Gasteiger partial charge in [0, 0.05) is 25.4 Å². The molecule has 0 spiro atoms. The van der Waals surface area contributed by atoms with Crippen LogP contribution in [0.25, 0.3) is 11.4 Å². The molecule has 0 N–H and O–H groups in total. The van der Waals surface area contributed by atoms with E-state index in [4.69, 9.17) is 19.5 Å². The van der Waals surface area contributed by atoms with Crippen molar-refractivity contribution in [3.8, 4) is 22.9 Å². The maximum Gasteiger partial charge on any atom is 0.208 e. The summed E-state index contributed by atoms with van der Waals surface area (Å²) in [4.78, 5) is 34.6. The van der Waals surface area contributed by atoms with Gasteiger partial charge in [-0.3, -0.25) is 19.6 Å². The molecule has 2 heterocycles. The minimum absolute atomic E-state index is 0.0907. The Hall–Kier alpha value is -3.20. The summed E-state index contributed by atoms with van der Waals surface area (Å²) in [5, 5.41) is 9.73. The van der Waals surface area contributed by atoms with Crippen molar-refractivity contribution >= 4 is 55.8 Å². The Morgan fingerprint density at radius 2 is 1.10 bits per heavy atom. The van der Waals surface area contributed by atoms with Gasteiger partial charge in [0.1, 0.15) is 11.5 Å². The molecule has 2 aromatic heterocycles. The summed E-state index contributed by atoms with van der Waals surface area (Å²) in [5.74, 6) is 2.90. The molecule has 10 nitrogen and oxygen atoms in total. The highest BCUT2D eigenvalue weighted by Gasteiger charge is 2.12. The van der Waals surface area contributed by atoms with Crippen LogP contribution in [0.3, 0.4) is 0 Å². The van der Waals surface area contributed by atoms with Crippen molar-refractivity contribution in [2.45, 2.75) is 13.8 Å². The van der Waals surface area contributed by atoms with Gasteiger partial charge < -0.3 is 9.47 Å². The lowest BCUT2D eigenvalue weighted by atomic mass is 10.3. The maximum atomic E-state index is 11.9. The van der Waals surface area contributed by atoms with Gasteiger partial charge in [0.2, 0.25) is 9.60 Å². The van der Waals surface area contributed by atoms with Gasteiger partial charge in [0.05, 0.1) is 38.7 Å². The number of hydrogen-bond acceptors (Lipinski definition) is 12. The average molecular weight is 617 g/mol. The standard InChI is InChI=1S/C26H28N6O4S4/c1-17(33)23-29-31(19-5-9-21(35-3)10-6-19)25(39-23)27-13-15-37-38-16-14-28-26-32(30-24(40-26)18(2)34)20-7-11-22(36-4)12-8-20/h5-12H,13-16H2,1-4H3. The third-order valence-electron chi connectivity index (χ3n) is 5.28. The molecule has 0 radical (unpaired) electrons. The first kappa shape index (κ1) is 29.8. The number of nitrogens with zero attached hydrogens (tertiary/aromatic N) is 6. The monoisotopic (exact) mass is 616 g/mol. The van der Waals surface area contributed by atoms with E-state index < -0.39 is 0 Å². The van der Waals surface area contributed by atoms with Crippen molar-refractivity contribution in [3.63, 3.8) is 0 Å². The third-order valence-corrected chi connectivity index (χ3v) is 9.74. The summed E-state index contributed by atoms with van der Waals surface area (Å²) in [6.45, 7) is 4.17. The SMILES string of the molecule is COc1ccc(-n2nc(C(C)=O)sc2=NCCSSCCN=c2sc(C(C)=O)nn2-c2ccc(OC)cc2)cc1. The van der Waals surface area contributed by atoms with Crippen LogP contribution in [-0.2, 0) is 0 Å². The lowest BCUT2D eigenvalue weighted by molar-refractivity contribution is 0.100. The molecular formula is C26H28N6O4S4. The molecule has 0 aliphatic carbocycles. The Balaban J connectivity index is 1.35. The number of ether oxygens (including phenoxy) is 2. The second-order valence-electron chi connectivity index (χ2n) is 8.12. The molecule has 0 aliphatic heterocycles. The Morgan fingerprint density at radius 1 is 0.725 bits per heavy atom. The quantitative estimate of drug-likeness (QED) is 0.123. The molecular weight excluding hydrogens is 589 g/mol. The van der Waals surface area contributed by atoms with E-state index in [0.717, 1.165) is 34.4 Å². The first-order valence-electron chi connectivity index (χ1n) is 12.2. The zero-order chi connectivity index (χ0) is 28.5. The van der Waals surface area contributed by atoms with Gasteiger partial charge in [-0.1, -0.05) is 44.3 Å². The second kappa shape index (κ2) is 14.4. The van der Waals surface area contributed by atoms with E-state index >= 15 is 0 Å².